The maximum Gasteiger partial charge on any atom is 0.216 e. The zero-order chi connectivity index (χ0) is 14.8. The molecule has 3 nitrogen and oxygen atoms in total. The molecule has 1 heterocycles. The van der Waals surface area contributed by atoms with Crippen LogP contribution in [0, 0.1) is 12.7 Å². The molecule has 0 radical (unpaired) electrons. The van der Waals surface area contributed by atoms with Gasteiger partial charge in [0, 0.05) is 5.56 Å². The zero-order valence-electron chi connectivity index (χ0n) is 11.6. The van der Waals surface area contributed by atoms with Crippen LogP contribution in [0.5, 0.6) is 0 Å². The fourth-order valence-corrected chi connectivity index (χ4v) is 2.17. The van der Waals surface area contributed by atoms with Gasteiger partial charge in [0.1, 0.15) is 11.9 Å². The summed E-state index contributed by atoms with van der Waals surface area (Å²) in [6.45, 7) is 1.71. The summed E-state index contributed by atoms with van der Waals surface area (Å²) in [6.07, 6.45) is 1.62. The lowest BCUT2D eigenvalue weighted by Gasteiger charge is -2.07. The number of hydrogen-bond donors (Lipinski definition) is 1. The summed E-state index contributed by atoms with van der Waals surface area (Å²) in [6, 6.07) is 14.0. The van der Waals surface area contributed by atoms with Gasteiger partial charge in [0.25, 0.3) is 0 Å². The van der Waals surface area contributed by atoms with Crippen molar-refractivity contribution in [2.24, 2.45) is 5.73 Å². The molecule has 4 heteroatoms. The molecular weight excluding hydrogens is 267 g/mol. The molecule has 2 aromatic carbocycles. The van der Waals surface area contributed by atoms with Gasteiger partial charge in [-0.3, -0.25) is 0 Å². The molecule has 0 bridgehead atoms. The highest BCUT2D eigenvalue weighted by atomic mass is 19.1. The molecule has 1 aromatic heterocycles. The molecular formula is C17H15FN2O. The summed E-state index contributed by atoms with van der Waals surface area (Å²) in [4.78, 5) is 4.24. The summed E-state index contributed by atoms with van der Waals surface area (Å²) >= 11 is 0. The summed E-state index contributed by atoms with van der Waals surface area (Å²) in [5.41, 5.74) is 8.43. The van der Waals surface area contributed by atoms with Crippen molar-refractivity contribution in [1.29, 1.82) is 0 Å². The molecule has 3 rings (SSSR count). The van der Waals surface area contributed by atoms with Gasteiger partial charge in [0.05, 0.1) is 6.20 Å². The van der Waals surface area contributed by atoms with Crippen molar-refractivity contribution in [3.8, 4) is 11.3 Å². The maximum absolute atomic E-state index is 13.3. The van der Waals surface area contributed by atoms with Crippen molar-refractivity contribution in [3.05, 3.63) is 77.6 Å². The Bertz CT molecular complexity index is 752. The van der Waals surface area contributed by atoms with Gasteiger partial charge in [-0.25, -0.2) is 9.37 Å². The first-order chi connectivity index (χ1) is 10.1. The van der Waals surface area contributed by atoms with Crippen LogP contribution < -0.4 is 5.73 Å². The van der Waals surface area contributed by atoms with E-state index in [4.69, 9.17) is 10.2 Å². The van der Waals surface area contributed by atoms with Crippen molar-refractivity contribution < 1.29 is 8.81 Å². The minimum Gasteiger partial charge on any atom is -0.439 e. The van der Waals surface area contributed by atoms with Crippen LogP contribution >= 0.6 is 0 Å². The average Bonchev–Trinajstić information content (AvgIpc) is 3.00. The molecule has 2 N–H and O–H groups in total. The largest absolute Gasteiger partial charge is 0.439 e. The Morgan fingerprint density at radius 2 is 1.90 bits per heavy atom. The third-order valence-electron chi connectivity index (χ3n) is 3.39. The maximum atomic E-state index is 13.3. The molecule has 0 aliphatic carbocycles. The van der Waals surface area contributed by atoms with Crippen LogP contribution in [-0.4, -0.2) is 4.98 Å². The van der Waals surface area contributed by atoms with E-state index in [-0.39, 0.29) is 5.82 Å². The number of nitrogens with two attached hydrogens (primary N) is 1. The van der Waals surface area contributed by atoms with E-state index >= 15 is 0 Å². The Morgan fingerprint density at radius 3 is 2.62 bits per heavy atom. The van der Waals surface area contributed by atoms with Gasteiger partial charge in [-0.05, 0) is 36.2 Å². The van der Waals surface area contributed by atoms with Crippen LogP contribution in [0.15, 0.2) is 59.1 Å². The minimum atomic E-state index is -0.415. The van der Waals surface area contributed by atoms with Gasteiger partial charge >= 0.3 is 0 Å². The standard InChI is InChI=1S/C17H15FN2O/c1-11-9-13(7-8-14(11)18)15-10-20-17(21-15)16(19)12-5-3-2-4-6-12/h2-10,16H,19H2,1H3. The third-order valence-corrected chi connectivity index (χ3v) is 3.39. The highest BCUT2D eigenvalue weighted by molar-refractivity contribution is 5.57. The van der Waals surface area contributed by atoms with Crippen molar-refractivity contribution in [1.82, 2.24) is 4.98 Å². The second kappa shape index (κ2) is 5.50. The topological polar surface area (TPSA) is 52.0 Å². The van der Waals surface area contributed by atoms with Crippen LogP contribution in [0.3, 0.4) is 0 Å². The van der Waals surface area contributed by atoms with Gasteiger partial charge in [0.2, 0.25) is 5.89 Å². The van der Waals surface area contributed by atoms with Crippen molar-refractivity contribution >= 4 is 0 Å². The van der Waals surface area contributed by atoms with E-state index in [0.29, 0.717) is 17.2 Å². The second-order valence-electron chi connectivity index (χ2n) is 4.92. The molecule has 3 aromatic rings. The van der Waals surface area contributed by atoms with E-state index in [1.54, 1.807) is 25.3 Å². The van der Waals surface area contributed by atoms with Crippen molar-refractivity contribution in [2.45, 2.75) is 13.0 Å². The lowest BCUT2D eigenvalue weighted by molar-refractivity contribution is 0.484. The van der Waals surface area contributed by atoms with Gasteiger partial charge < -0.3 is 10.2 Å². The van der Waals surface area contributed by atoms with E-state index in [2.05, 4.69) is 4.98 Å². The first kappa shape index (κ1) is 13.5. The van der Waals surface area contributed by atoms with E-state index in [1.807, 2.05) is 30.3 Å². The van der Waals surface area contributed by atoms with Crippen LogP contribution in [0.4, 0.5) is 4.39 Å². The number of hydrogen-bond acceptors (Lipinski definition) is 3. The normalized spacial score (nSPS) is 12.3. The molecule has 0 saturated carbocycles. The summed E-state index contributed by atoms with van der Waals surface area (Å²) in [5.74, 6) is 0.789. The molecule has 21 heavy (non-hydrogen) atoms. The van der Waals surface area contributed by atoms with E-state index in [9.17, 15) is 4.39 Å². The molecule has 0 saturated heterocycles. The Morgan fingerprint density at radius 1 is 1.14 bits per heavy atom. The Kier molecular flexibility index (Phi) is 3.54. The summed E-state index contributed by atoms with van der Waals surface area (Å²) in [7, 11) is 0. The summed E-state index contributed by atoms with van der Waals surface area (Å²) < 4.78 is 19.0. The molecule has 0 amide bonds. The van der Waals surface area contributed by atoms with Gasteiger partial charge in [-0.1, -0.05) is 30.3 Å². The van der Waals surface area contributed by atoms with E-state index in [1.165, 1.54) is 6.07 Å². The zero-order valence-corrected chi connectivity index (χ0v) is 11.6. The number of aryl methyl sites for hydroxylation is 1. The highest BCUT2D eigenvalue weighted by Gasteiger charge is 2.16. The first-order valence-corrected chi connectivity index (χ1v) is 6.68. The van der Waals surface area contributed by atoms with Gasteiger partial charge in [-0.15, -0.1) is 0 Å². The van der Waals surface area contributed by atoms with Gasteiger partial charge in [0.15, 0.2) is 5.76 Å². The number of benzene rings is 2. The number of rotatable bonds is 3. The van der Waals surface area contributed by atoms with Gasteiger partial charge in [-0.2, -0.15) is 0 Å². The minimum absolute atomic E-state index is 0.237. The molecule has 0 aliphatic heterocycles. The second-order valence-corrected chi connectivity index (χ2v) is 4.92. The Hall–Kier alpha value is -2.46. The quantitative estimate of drug-likeness (QED) is 0.794. The molecule has 0 fully saturated rings. The molecule has 0 spiro atoms. The number of aromatic nitrogens is 1. The highest BCUT2D eigenvalue weighted by Crippen LogP contribution is 2.26. The summed E-state index contributed by atoms with van der Waals surface area (Å²) in [5, 5.41) is 0. The fraction of sp³-hybridized carbons (Fsp3) is 0.118. The Labute approximate surface area is 122 Å². The van der Waals surface area contributed by atoms with Crippen LogP contribution in [0.2, 0.25) is 0 Å². The van der Waals surface area contributed by atoms with Crippen LogP contribution in [0.25, 0.3) is 11.3 Å². The fourth-order valence-electron chi connectivity index (χ4n) is 2.17. The van der Waals surface area contributed by atoms with E-state index < -0.39 is 6.04 Å². The van der Waals surface area contributed by atoms with Crippen LogP contribution in [0.1, 0.15) is 23.1 Å². The first-order valence-electron chi connectivity index (χ1n) is 6.68. The third kappa shape index (κ3) is 2.71. The smallest absolute Gasteiger partial charge is 0.216 e. The van der Waals surface area contributed by atoms with Crippen molar-refractivity contribution in [2.75, 3.05) is 0 Å². The molecule has 1 unspecified atom stereocenters. The monoisotopic (exact) mass is 282 g/mol. The van der Waals surface area contributed by atoms with Crippen molar-refractivity contribution in [3.63, 3.8) is 0 Å². The Balaban J connectivity index is 1.91. The predicted octanol–water partition coefficient (Wildman–Crippen LogP) is 3.84. The molecule has 0 aliphatic rings. The predicted molar refractivity (Wildman–Crippen MR) is 79.1 cm³/mol. The lowest BCUT2D eigenvalue weighted by atomic mass is 10.1. The average molecular weight is 282 g/mol. The van der Waals surface area contributed by atoms with E-state index in [0.717, 1.165) is 11.1 Å². The van der Waals surface area contributed by atoms with Crippen LogP contribution in [-0.2, 0) is 0 Å². The molecule has 1 atom stereocenters. The number of nitrogens with zero attached hydrogens (tertiary/aromatic N) is 1. The number of halogens is 1. The molecule has 106 valence electrons. The number of oxazole rings is 1. The lowest BCUT2D eigenvalue weighted by Crippen LogP contribution is -2.11. The SMILES string of the molecule is Cc1cc(-c2cnc(C(N)c3ccccc3)o2)ccc1F.